The van der Waals surface area contributed by atoms with Gasteiger partial charge in [0.25, 0.3) is 0 Å². The molecular weight excluding hydrogens is 1460 g/mol. The van der Waals surface area contributed by atoms with Gasteiger partial charge in [-0.25, -0.2) is 0 Å². The number of fused-ring (bicyclic) bond motifs is 26. The molecule has 5 nitrogen and oxygen atoms in total. The molecule has 0 radical (unpaired) electrons. The highest BCUT2D eigenvalue weighted by Gasteiger charge is 2.56. The molecule has 0 saturated heterocycles. The highest BCUT2D eigenvalue weighted by molar-refractivity contribution is 6.07. The maximum Gasteiger partial charge on any atom is 0.156 e. The normalized spacial score (nSPS) is 16.6. The number of furan rings is 1. The molecule has 5 heteroatoms. The number of nitrogens with zero attached hydrogens (tertiary/aromatic N) is 2. The van der Waals surface area contributed by atoms with Crippen LogP contribution in [0.15, 0.2) is 393 Å². The molecule has 18 aromatic carbocycles. The Morgan fingerprint density at radius 2 is 0.608 bits per heavy atom. The summed E-state index contributed by atoms with van der Waals surface area (Å²) in [7, 11) is 0. The second-order valence-corrected chi connectivity index (χ2v) is 34.9. The highest BCUT2D eigenvalue weighted by Crippen LogP contribution is 2.68. The van der Waals surface area contributed by atoms with E-state index >= 15 is 0 Å². The molecular formula is C115H82N2O3. The fraction of sp³-hybridized carbons (Fsp3) is 0.0957. The molecule has 2 atom stereocenters. The first-order valence-corrected chi connectivity index (χ1v) is 42.0. The van der Waals surface area contributed by atoms with Crippen LogP contribution in [-0.4, -0.2) is 0 Å². The third kappa shape index (κ3) is 9.77. The largest absolute Gasteiger partial charge is 0.456 e. The Hall–Kier alpha value is -14.5. The third-order valence-electron chi connectivity index (χ3n) is 27.6. The van der Waals surface area contributed by atoms with E-state index < -0.39 is 21.7 Å². The van der Waals surface area contributed by atoms with Gasteiger partial charge in [0.05, 0.1) is 27.9 Å². The maximum absolute atomic E-state index is 7.62. The zero-order valence-corrected chi connectivity index (χ0v) is 67.6. The van der Waals surface area contributed by atoms with Crippen LogP contribution in [0.2, 0.25) is 0 Å². The second kappa shape index (κ2) is 25.7. The van der Waals surface area contributed by atoms with E-state index in [0.29, 0.717) is 0 Å². The first-order chi connectivity index (χ1) is 58.8. The average molecular weight is 1540 g/mol. The molecule has 0 bridgehead atoms. The van der Waals surface area contributed by atoms with Crippen LogP contribution < -0.4 is 19.3 Å². The summed E-state index contributed by atoms with van der Waals surface area (Å²) in [6, 6.07) is 144. The fourth-order valence-electron chi connectivity index (χ4n) is 22.2. The monoisotopic (exact) mass is 1540 g/mol. The molecule has 570 valence electrons. The average Bonchev–Trinajstić information content (AvgIpc) is 0.935. The van der Waals surface area contributed by atoms with E-state index in [-0.39, 0.29) is 5.41 Å². The van der Waals surface area contributed by atoms with Crippen LogP contribution in [0.4, 0.5) is 34.1 Å². The molecule has 2 spiro atoms. The van der Waals surface area contributed by atoms with E-state index in [9.17, 15) is 0 Å². The van der Waals surface area contributed by atoms with Crippen molar-refractivity contribution in [3.63, 3.8) is 0 Å². The quantitative estimate of drug-likeness (QED) is 0.144. The van der Waals surface area contributed by atoms with Gasteiger partial charge in [-0.05, 0) is 213 Å². The summed E-state index contributed by atoms with van der Waals surface area (Å²) in [6.45, 7) is 14.6. The predicted octanol–water partition coefficient (Wildman–Crippen LogP) is 30.4. The van der Waals surface area contributed by atoms with E-state index in [1.54, 1.807) is 0 Å². The van der Waals surface area contributed by atoms with Crippen LogP contribution in [0.25, 0.3) is 88.0 Å². The van der Waals surface area contributed by atoms with Crippen LogP contribution in [0.1, 0.15) is 119 Å². The first kappa shape index (κ1) is 69.8. The maximum atomic E-state index is 7.62. The Bertz CT molecular complexity index is 7520. The van der Waals surface area contributed by atoms with Gasteiger partial charge in [0.1, 0.15) is 22.7 Å². The summed E-state index contributed by atoms with van der Waals surface area (Å²) in [5, 5.41) is 7.09. The molecule has 0 fully saturated rings. The topological polar surface area (TPSA) is 38.1 Å². The van der Waals surface area contributed by atoms with Crippen molar-refractivity contribution in [2.75, 3.05) is 9.80 Å². The lowest BCUT2D eigenvalue weighted by Gasteiger charge is -2.50. The Kier molecular flexibility index (Phi) is 15.0. The van der Waals surface area contributed by atoms with Crippen molar-refractivity contribution in [1.29, 1.82) is 0 Å². The molecule has 120 heavy (non-hydrogen) atoms. The Morgan fingerprint density at radius 3 is 1.18 bits per heavy atom. The molecule has 3 heterocycles. The number of benzene rings is 18. The van der Waals surface area contributed by atoms with E-state index in [2.05, 4.69) is 434 Å². The minimum Gasteiger partial charge on any atom is -0.456 e. The number of ether oxygens (including phenoxy) is 2. The summed E-state index contributed by atoms with van der Waals surface area (Å²) in [5.41, 5.74) is 31.5. The van der Waals surface area contributed by atoms with Gasteiger partial charge in [-0.1, -0.05) is 333 Å². The molecule has 0 amide bonds. The van der Waals surface area contributed by atoms with Crippen LogP contribution in [0.5, 0.6) is 23.0 Å². The highest BCUT2D eigenvalue weighted by atomic mass is 16.5. The Balaban J connectivity index is 0.652. The van der Waals surface area contributed by atoms with E-state index in [1.807, 2.05) is 6.07 Å². The summed E-state index contributed by atoms with van der Waals surface area (Å²) >= 11 is 0. The third-order valence-corrected chi connectivity index (χ3v) is 27.6. The zero-order chi connectivity index (χ0) is 80.1. The second-order valence-electron chi connectivity index (χ2n) is 34.9. The fourth-order valence-corrected chi connectivity index (χ4v) is 22.2. The summed E-state index contributed by atoms with van der Waals surface area (Å²) in [4.78, 5) is 4.82. The SMILES string of the molecule is CC1(C)c2cc(-c3ccc4ccc5c(c4c3)C(C)(C)c3ccccc3C53c4ccccc4Oc4c(N(c5ccc(-c6ccccc6)cc5)c5ccc6c(c5)oc5ccccc56)cccc43)ccc2-c2ccc(N(c3ccc(-c4ccccc4)cc3)c3cccc4c3Oc3ccccc3C43c4ccccc4C(C)(C)c4c3ccc3ccccc43)cc21. The molecule has 2 unspecified atom stereocenters. The minimum atomic E-state index is -0.831. The van der Waals surface area contributed by atoms with Crippen molar-refractivity contribution in [3.05, 3.63) is 466 Å². The van der Waals surface area contributed by atoms with Crippen LogP contribution in [0, 0.1) is 0 Å². The lowest BCUT2D eigenvalue weighted by Crippen LogP contribution is -2.43. The van der Waals surface area contributed by atoms with Crippen molar-refractivity contribution in [1.82, 2.24) is 0 Å². The number of hydrogen-bond donors (Lipinski definition) is 0. The Morgan fingerprint density at radius 1 is 0.217 bits per heavy atom. The Labute approximate surface area is 698 Å². The van der Waals surface area contributed by atoms with Gasteiger partial charge in [0.2, 0.25) is 0 Å². The summed E-state index contributed by atoms with van der Waals surface area (Å²) in [5.74, 6) is 3.30. The van der Waals surface area contributed by atoms with Gasteiger partial charge in [0, 0.05) is 72.4 Å². The van der Waals surface area contributed by atoms with Crippen molar-refractivity contribution in [2.45, 2.75) is 68.6 Å². The number of para-hydroxylation sites is 5. The van der Waals surface area contributed by atoms with Crippen molar-refractivity contribution in [3.8, 4) is 67.5 Å². The number of rotatable bonds is 9. The van der Waals surface area contributed by atoms with Gasteiger partial charge < -0.3 is 23.7 Å². The lowest BCUT2D eigenvalue weighted by atomic mass is 9.53. The molecule has 1 aromatic heterocycles. The number of anilines is 6. The molecule has 24 rings (SSSR count). The smallest absolute Gasteiger partial charge is 0.156 e. The zero-order valence-electron chi connectivity index (χ0n) is 67.6. The summed E-state index contributed by atoms with van der Waals surface area (Å²) in [6.07, 6.45) is 0. The van der Waals surface area contributed by atoms with Crippen molar-refractivity contribution < 1.29 is 13.9 Å². The first-order valence-electron chi connectivity index (χ1n) is 42.0. The standard InChI is InChI=1S/C115H82N2O3/c1-111(2)99-68-78(53-62-84(99)85-63-60-81(69-100(85)111)116(79-56-49-73(50-57-79)71-27-9-7-10-28-71)101-42-25-40-97-109(101)119-104-45-23-20-38-93(104)114(97)91-36-18-16-34-89(91)112(3,4)107-83-32-14-13-31-75(83)54-65-95(107)114)77-48-47-76-55-66-96-108(88(76)67-77)113(5,6)90-35-17-19-37-92(90)115(96)94-39-21-24-46-105(94)120-110-98(115)41-26-43-102(110)117(80-58-51-74(52-59-80)72-29-11-8-12-30-72)82-61-64-87-86-33-15-22-44-103(86)118-106(87)70-82/h7-70H,1-6H3. The molecule has 0 N–H and O–H groups in total. The molecule has 0 saturated carbocycles. The predicted molar refractivity (Wildman–Crippen MR) is 493 cm³/mol. The van der Waals surface area contributed by atoms with Gasteiger partial charge in [-0.2, -0.15) is 0 Å². The van der Waals surface area contributed by atoms with Crippen molar-refractivity contribution in [2.24, 2.45) is 0 Å². The summed E-state index contributed by atoms with van der Waals surface area (Å²) < 4.78 is 21.9. The van der Waals surface area contributed by atoms with Gasteiger partial charge in [0.15, 0.2) is 11.5 Å². The van der Waals surface area contributed by atoms with E-state index in [0.717, 1.165) is 118 Å². The molecule has 3 aliphatic carbocycles. The molecule has 5 aliphatic rings. The molecule has 19 aromatic rings. The number of hydrogen-bond acceptors (Lipinski definition) is 5. The minimum absolute atomic E-state index is 0.325. The lowest BCUT2D eigenvalue weighted by molar-refractivity contribution is 0.427. The van der Waals surface area contributed by atoms with Crippen LogP contribution in [-0.2, 0) is 27.1 Å². The van der Waals surface area contributed by atoms with Crippen LogP contribution >= 0.6 is 0 Å². The van der Waals surface area contributed by atoms with Gasteiger partial charge in [-0.3, -0.25) is 0 Å². The van der Waals surface area contributed by atoms with E-state index in [4.69, 9.17) is 13.9 Å². The van der Waals surface area contributed by atoms with Gasteiger partial charge in [-0.15, -0.1) is 0 Å². The van der Waals surface area contributed by atoms with E-state index in [1.165, 1.54) is 105 Å². The van der Waals surface area contributed by atoms with Crippen LogP contribution in [0.3, 0.4) is 0 Å². The van der Waals surface area contributed by atoms with Crippen molar-refractivity contribution >= 4 is 77.6 Å². The van der Waals surface area contributed by atoms with Gasteiger partial charge >= 0.3 is 0 Å². The molecule has 2 aliphatic heterocycles.